The van der Waals surface area contributed by atoms with Crippen LogP contribution in [0, 0.1) is 23.2 Å². The number of hydrogen-bond donors (Lipinski definition) is 3. The number of amides is 2. The van der Waals surface area contributed by atoms with Crippen molar-refractivity contribution in [2.75, 3.05) is 18.4 Å². The predicted octanol–water partition coefficient (Wildman–Crippen LogP) is 1.70. The molecule has 2 heterocycles. The smallest absolute Gasteiger partial charge is 0.372 e. The zero-order valence-electron chi connectivity index (χ0n) is 16.7. The van der Waals surface area contributed by atoms with Crippen LogP contribution in [0.5, 0.6) is 0 Å². The third-order valence-electron chi connectivity index (χ3n) is 5.50. The van der Waals surface area contributed by atoms with E-state index in [-0.39, 0.29) is 29.9 Å². The lowest BCUT2D eigenvalue weighted by atomic mass is 9.98. The minimum atomic E-state index is -4.50. The van der Waals surface area contributed by atoms with Gasteiger partial charge in [0.15, 0.2) is 0 Å². The quantitative estimate of drug-likeness (QED) is 0.542. The maximum Gasteiger partial charge on any atom is 0.405 e. The zero-order valence-corrected chi connectivity index (χ0v) is 16.7. The number of carbonyl (C=O) groups is 2. The molecule has 3 atom stereocenters. The average molecular weight is 439 g/mol. The number of pyridine rings is 1. The summed E-state index contributed by atoms with van der Waals surface area (Å²) < 4.78 is 38.7. The van der Waals surface area contributed by atoms with Crippen LogP contribution in [0.1, 0.15) is 38.1 Å². The molecular weight excluding hydrogens is 415 g/mol. The molecular formula is C20H24F3N5O3. The number of nitrogens with zero attached hydrogens (tertiary/aromatic N) is 2. The van der Waals surface area contributed by atoms with E-state index in [1.807, 2.05) is 6.07 Å². The van der Waals surface area contributed by atoms with Gasteiger partial charge in [-0.25, -0.2) is 0 Å². The molecule has 1 aromatic rings. The van der Waals surface area contributed by atoms with E-state index in [1.165, 1.54) is 18.3 Å². The van der Waals surface area contributed by atoms with Gasteiger partial charge in [0, 0.05) is 18.7 Å². The number of carbonyl (C=O) groups excluding carboxylic acids is 2. The average Bonchev–Trinajstić information content (AvgIpc) is 3.45. The molecule has 2 fully saturated rings. The van der Waals surface area contributed by atoms with Crippen LogP contribution in [0.3, 0.4) is 0 Å². The van der Waals surface area contributed by atoms with Crippen molar-refractivity contribution in [2.24, 2.45) is 11.8 Å². The SMILES string of the molecule is N#C[C@H](C[C@H]1CCNC1=O)NC(=O)[C@H](CC1CC1)n1cccc(NCC(F)(F)F)c1=O. The first-order valence-corrected chi connectivity index (χ1v) is 10.2. The second-order valence-corrected chi connectivity index (χ2v) is 8.00. The fourth-order valence-corrected chi connectivity index (χ4v) is 3.67. The Labute approximate surface area is 176 Å². The number of nitrogens with one attached hydrogen (secondary N) is 3. The van der Waals surface area contributed by atoms with E-state index >= 15 is 0 Å². The molecule has 2 amide bonds. The van der Waals surface area contributed by atoms with Crippen LogP contribution >= 0.6 is 0 Å². The van der Waals surface area contributed by atoms with Crippen molar-refractivity contribution >= 4 is 17.5 Å². The van der Waals surface area contributed by atoms with E-state index in [1.54, 1.807) is 0 Å². The molecule has 0 unspecified atom stereocenters. The molecule has 0 spiro atoms. The maximum atomic E-state index is 13.0. The van der Waals surface area contributed by atoms with Crippen molar-refractivity contribution in [1.29, 1.82) is 5.26 Å². The summed E-state index contributed by atoms with van der Waals surface area (Å²) in [6.45, 7) is -0.848. The van der Waals surface area contributed by atoms with Gasteiger partial charge in [-0.2, -0.15) is 18.4 Å². The molecule has 168 valence electrons. The Hall–Kier alpha value is -3.03. The second kappa shape index (κ2) is 9.41. The fourth-order valence-electron chi connectivity index (χ4n) is 3.67. The topological polar surface area (TPSA) is 116 Å². The van der Waals surface area contributed by atoms with Crippen molar-refractivity contribution in [1.82, 2.24) is 15.2 Å². The molecule has 1 aliphatic heterocycles. The van der Waals surface area contributed by atoms with Crippen LogP contribution in [0.4, 0.5) is 18.9 Å². The minimum absolute atomic E-state index is 0.159. The molecule has 1 saturated carbocycles. The molecule has 3 rings (SSSR count). The molecule has 0 radical (unpaired) electrons. The molecule has 2 aliphatic rings. The molecule has 1 saturated heterocycles. The van der Waals surface area contributed by atoms with Gasteiger partial charge in [0.1, 0.15) is 24.3 Å². The van der Waals surface area contributed by atoms with Crippen LogP contribution in [0.15, 0.2) is 23.1 Å². The number of nitriles is 1. The Bertz CT molecular complexity index is 920. The molecule has 1 aromatic heterocycles. The predicted molar refractivity (Wildman–Crippen MR) is 105 cm³/mol. The van der Waals surface area contributed by atoms with Crippen LogP contribution in [-0.2, 0) is 9.59 Å². The molecule has 31 heavy (non-hydrogen) atoms. The zero-order chi connectivity index (χ0) is 22.6. The molecule has 0 aromatic carbocycles. The fraction of sp³-hybridized carbons (Fsp3) is 0.600. The standard InChI is InChI=1S/C20H24F3N5O3/c21-20(22,23)11-26-15-2-1-7-28(19(15)31)16(8-12-3-4-12)18(30)27-14(10-24)9-13-5-6-25-17(13)29/h1-2,7,12-14,16,26H,3-6,8-9,11H2,(H,25,29)(H,27,30)/t13-,14+,16+/m1/s1. The number of anilines is 1. The van der Waals surface area contributed by atoms with Crippen molar-refractivity contribution in [2.45, 2.75) is 50.4 Å². The first kappa shape index (κ1) is 22.7. The highest BCUT2D eigenvalue weighted by molar-refractivity contribution is 5.82. The van der Waals surface area contributed by atoms with E-state index < -0.39 is 36.3 Å². The number of alkyl halides is 3. The van der Waals surface area contributed by atoms with Gasteiger partial charge in [-0.1, -0.05) is 12.8 Å². The van der Waals surface area contributed by atoms with E-state index in [4.69, 9.17) is 0 Å². The summed E-state index contributed by atoms with van der Waals surface area (Å²) in [5, 5.41) is 16.8. The molecule has 8 nitrogen and oxygen atoms in total. The van der Waals surface area contributed by atoms with Crippen LogP contribution < -0.4 is 21.5 Å². The summed E-state index contributed by atoms with van der Waals surface area (Å²) in [5.41, 5.74) is -0.996. The minimum Gasteiger partial charge on any atom is -0.372 e. The van der Waals surface area contributed by atoms with Crippen LogP contribution in [0.2, 0.25) is 0 Å². The van der Waals surface area contributed by atoms with Crippen molar-refractivity contribution in [3.63, 3.8) is 0 Å². The number of aromatic nitrogens is 1. The van der Waals surface area contributed by atoms with E-state index in [0.717, 1.165) is 17.4 Å². The first-order valence-electron chi connectivity index (χ1n) is 10.2. The number of hydrogen-bond acceptors (Lipinski definition) is 5. The van der Waals surface area contributed by atoms with Gasteiger partial charge in [-0.05, 0) is 37.3 Å². The largest absolute Gasteiger partial charge is 0.405 e. The molecule has 3 N–H and O–H groups in total. The summed E-state index contributed by atoms with van der Waals surface area (Å²) in [4.78, 5) is 37.5. The van der Waals surface area contributed by atoms with Gasteiger partial charge in [0.2, 0.25) is 11.8 Å². The Morgan fingerprint density at radius 1 is 1.29 bits per heavy atom. The third-order valence-corrected chi connectivity index (χ3v) is 5.50. The van der Waals surface area contributed by atoms with Gasteiger partial charge >= 0.3 is 6.18 Å². The molecule has 11 heteroatoms. The lowest BCUT2D eigenvalue weighted by molar-refractivity contribution is -0.126. The van der Waals surface area contributed by atoms with E-state index in [0.29, 0.717) is 19.4 Å². The highest BCUT2D eigenvalue weighted by Crippen LogP contribution is 2.36. The monoisotopic (exact) mass is 439 g/mol. The van der Waals surface area contributed by atoms with Crippen LogP contribution in [-0.4, -0.2) is 41.7 Å². The van der Waals surface area contributed by atoms with Gasteiger partial charge in [-0.3, -0.25) is 14.4 Å². The third kappa shape index (κ3) is 6.23. The summed E-state index contributed by atoms with van der Waals surface area (Å²) >= 11 is 0. The van der Waals surface area contributed by atoms with Crippen molar-refractivity contribution in [3.8, 4) is 6.07 Å². The van der Waals surface area contributed by atoms with Crippen LogP contribution in [0.25, 0.3) is 0 Å². The Morgan fingerprint density at radius 3 is 2.61 bits per heavy atom. The van der Waals surface area contributed by atoms with E-state index in [2.05, 4.69) is 16.0 Å². The van der Waals surface area contributed by atoms with E-state index in [9.17, 15) is 32.8 Å². The lowest BCUT2D eigenvalue weighted by Gasteiger charge is -2.22. The van der Waals surface area contributed by atoms with Gasteiger partial charge in [-0.15, -0.1) is 0 Å². The highest BCUT2D eigenvalue weighted by atomic mass is 19.4. The normalized spacial score (nSPS) is 20.5. The second-order valence-electron chi connectivity index (χ2n) is 8.00. The van der Waals surface area contributed by atoms with Gasteiger partial charge in [0.25, 0.3) is 5.56 Å². The summed E-state index contributed by atoms with van der Waals surface area (Å²) in [5.74, 6) is -0.865. The highest BCUT2D eigenvalue weighted by Gasteiger charge is 2.34. The van der Waals surface area contributed by atoms with Gasteiger partial charge < -0.3 is 20.5 Å². The summed E-state index contributed by atoms with van der Waals surface area (Å²) in [7, 11) is 0. The van der Waals surface area contributed by atoms with Crippen molar-refractivity contribution < 1.29 is 22.8 Å². The molecule has 1 aliphatic carbocycles. The maximum absolute atomic E-state index is 13.0. The Balaban J connectivity index is 1.76. The van der Waals surface area contributed by atoms with Gasteiger partial charge in [0.05, 0.1) is 6.07 Å². The Morgan fingerprint density at radius 2 is 2.03 bits per heavy atom. The number of halogens is 3. The Kier molecular flexibility index (Phi) is 6.87. The number of rotatable bonds is 9. The van der Waals surface area contributed by atoms with Crippen molar-refractivity contribution in [3.05, 3.63) is 28.7 Å². The summed E-state index contributed by atoms with van der Waals surface area (Å²) in [6.07, 6.45) is -0.263. The summed E-state index contributed by atoms with van der Waals surface area (Å²) in [6, 6.07) is 2.74. The molecule has 0 bridgehead atoms. The first-order chi connectivity index (χ1) is 14.7. The lowest BCUT2D eigenvalue weighted by Crippen LogP contribution is -2.43.